The van der Waals surface area contributed by atoms with Gasteiger partial charge < -0.3 is 19.4 Å². The Bertz CT molecular complexity index is 1760. The van der Waals surface area contributed by atoms with Crippen LogP contribution in [0.2, 0.25) is 5.02 Å². The second kappa shape index (κ2) is 13.2. The van der Waals surface area contributed by atoms with E-state index in [1.165, 1.54) is 4.90 Å². The Balaban J connectivity index is 1.31. The van der Waals surface area contributed by atoms with Gasteiger partial charge in [-0.15, -0.1) is 0 Å². The van der Waals surface area contributed by atoms with Gasteiger partial charge in [0.15, 0.2) is 0 Å². The minimum atomic E-state index is -0.553. The van der Waals surface area contributed by atoms with Gasteiger partial charge in [0.1, 0.15) is 13.2 Å². The van der Waals surface area contributed by atoms with E-state index >= 15 is 0 Å². The van der Waals surface area contributed by atoms with Crippen molar-refractivity contribution >= 4 is 41.0 Å². The Labute approximate surface area is 266 Å². The Morgan fingerprint density at radius 2 is 1.33 bits per heavy atom. The number of fused-ring (bicyclic) bond motifs is 1. The molecule has 9 heteroatoms. The second-order valence-electron chi connectivity index (χ2n) is 10.9. The highest BCUT2D eigenvalue weighted by Gasteiger charge is 2.32. The first-order chi connectivity index (χ1) is 21.9. The lowest BCUT2D eigenvalue weighted by Gasteiger charge is -2.24. The van der Waals surface area contributed by atoms with Crippen LogP contribution in [0.25, 0.3) is 0 Å². The van der Waals surface area contributed by atoms with Gasteiger partial charge in [-0.25, -0.2) is 4.79 Å². The molecule has 0 aromatic heterocycles. The molecule has 45 heavy (non-hydrogen) atoms. The van der Waals surface area contributed by atoms with Gasteiger partial charge in [0.25, 0.3) is 11.8 Å². The first kappa shape index (κ1) is 29.8. The van der Waals surface area contributed by atoms with E-state index in [0.29, 0.717) is 40.5 Å². The molecule has 0 saturated heterocycles. The number of carbonyl (C=O) groups is 4. The molecule has 0 atom stereocenters. The molecule has 0 fully saturated rings. The predicted molar refractivity (Wildman–Crippen MR) is 171 cm³/mol. The van der Waals surface area contributed by atoms with Crippen LogP contribution in [0.1, 0.15) is 47.8 Å². The van der Waals surface area contributed by atoms with Crippen LogP contribution in [0.5, 0.6) is 0 Å². The monoisotopic (exact) mass is 619 g/mol. The van der Waals surface area contributed by atoms with Crippen LogP contribution in [-0.4, -0.2) is 53.1 Å². The third kappa shape index (κ3) is 6.66. The van der Waals surface area contributed by atoms with Crippen LogP contribution in [0, 0.1) is 0 Å². The summed E-state index contributed by atoms with van der Waals surface area (Å²) >= 11 is 6.04. The molecule has 0 spiro atoms. The summed E-state index contributed by atoms with van der Waals surface area (Å²) in [7, 11) is 0. The van der Waals surface area contributed by atoms with E-state index in [9.17, 15) is 19.2 Å². The molecule has 2 heterocycles. The number of carbonyl (C=O) groups excluding carboxylic acids is 4. The number of benzene rings is 4. The van der Waals surface area contributed by atoms with E-state index in [0.717, 1.165) is 11.1 Å². The van der Waals surface area contributed by atoms with Crippen LogP contribution < -0.4 is 4.90 Å². The minimum Gasteiger partial charge on any atom is -0.457 e. The number of rotatable bonds is 7. The lowest BCUT2D eigenvalue weighted by Crippen LogP contribution is -2.39. The molecule has 2 aliphatic rings. The molecule has 3 amide bonds. The zero-order valence-electron chi connectivity index (χ0n) is 24.4. The highest BCUT2D eigenvalue weighted by Crippen LogP contribution is 2.32. The van der Waals surface area contributed by atoms with E-state index < -0.39 is 5.97 Å². The van der Waals surface area contributed by atoms with Crippen molar-refractivity contribution in [2.45, 2.75) is 19.7 Å². The summed E-state index contributed by atoms with van der Waals surface area (Å²) in [4.78, 5) is 58.5. The van der Waals surface area contributed by atoms with Gasteiger partial charge in [-0.05, 0) is 59.7 Å². The summed E-state index contributed by atoms with van der Waals surface area (Å²) < 4.78 is 5.67. The van der Waals surface area contributed by atoms with Crippen molar-refractivity contribution in [2.24, 2.45) is 0 Å². The van der Waals surface area contributed by atoms with Crippen molar-refractivity contribution in [3.05, 3.63) is 148 Å². The van der Waals surface area contributed by atoms with E-state index in [-0.39, 0.29) is 49.5 Å². The second-order valence-corrected chi connectivity index (χ2v) is 11.3. The molecule has 4 aromatic carbocycles. The maximum Gasteiger partial charge on any atom is 0.338 e. The molecule has 226 valence electrons. The van der Waals surface area contributed by atoms with Crippen LogP contribution in [-0.2, 0) is 29.2 Å². The molecule has 2 aliphatic heterocycles. The first-order valence-corrected chi connectivity index (χ1v) is 15.0. The maximum atomic E-state index is 13.8. The summed E-state index contributed by atoms with van der Waals surface area (Å²) in [5.74, 6) is -1.28. The Hall–Kier alpha value is -5.21. The quantitative estimate of drug-likeness (QED) is 0.190. The topological polar surface area (TPSA) is 87.2 Å². The van der Waals surface area contributed by atoms with E-state index in [1.54, 1.807) is 64.4 Å². The summed E-state index contributed by atoms with van der Waals surface area (Å²) in [6, 6.07) is 28.1. The van der Waals surface area contributed by atoms with Gasteiger partial charge in [0, 0.05) is 47.0 Å². The summed E-state index contributed by atoms with van der Waals surface area (Å²) in [5.41, 5.74) is 3.87. The number of nitrogens with zero attached hydrogens (tertiary/aromatic N) is 3. The van der Waals surface area contributed by atoms with Gasteiger partial charge in [-0.1, -0.05) is 72.3 Å². The number of anilines is 1. The predicted octanol–water partition coefficient (Wildman–Crippen LogP) is 5.90. The minimum absolute atomic E-state index is 0.0208. The molecule has 0 aliphatic carbocycles. The standard InChI is InChI=1S/C36H30ClN3O5/c37-29-17-15-28(16-18-29)35(43)39-22-31-30(36(44)45-24-26-7-2-1-3-8-26)9-6-10-32(31)40(33(41)23-39)21-25-11-13-27(14-12-25)34(42)38-19-4-5-20-38/h1-18H,19-24H2. The third-order valence-electron chi connectivity index (χ3n) is 7.88. The average molecular weight is 620 g/mol. The number of ether oxygens (including phenoxy) is 1. The molecular weight excluding hydrogens is 590 g/mol. The third-order valence-corrected chi connectivity index (χ3v) is 8.13. The number of hydrogen-bond donors (Lipinski definition) is 0. The van der Waals surface area contributed by atoms with Crippen molar-refractivity contribution < 1.29 is 23.9 Å². The zero-order valence-corrected chi connectivity index (χ0v) is 25.2. The molecule has 4 aromatic rings. The largest absolute Gasteiger partial charge is 0.457 e. The Morgan fingerprint density at radius 1 is 0.689 bits per heavy atom. The lowest BCUT2D eigenvalue weighted by atomic mass is 10.0. The fourth-order valence-electron chi connectivity index (χ4n) is 5.47. The van der Waals surface area contributed by atoms with Gasteiger partial charge in [-0.3, -0.25) is 14.4 Å². The van der Waals surface area contributed by atoms with Crippen molar-refractivity contribution in [1.82, 2.24) is 9.80 Å². The van der Waals surface area contributed by atoms with Crippen molar-refractivity contribution in [3.8, 4) is 0 Å². The lowest BCUT2D eigenvalue weighted by molar-refractivity contribution is -0.119. The van der Waals surface area contributed by atoms with E-state index in [2.05, 4.69) is 0 Å². The van der Waals surface area contributed by atoms with Crippen molar-refractivity contribution in [3.63, 3.8) is 0 Å². The number of amides is 3. The molecule has 0 unspecified atom stereocenters. The Morgan fingerprint density at radius 3 is 2.02 bits per heavy atom. The molecular formula is C36H30ClN3O5. The average Bonchev–Trinajstić information content (AvgIpc) is 3.57. The molecule has 0 radical (unpaired) electrons. The van der Waals surface area contributed by atoms with Crippen molar-refractivity contribution in [1.29, 1.82) is 0 Å². The van der Waals surface area contributed by atoms with E-state index in [4.69, 9.17) is 16.3 Å². The number of hydrogen-bond acceptors (Lipinski definition) is 5. The Kier molecular flexibility index (Phi) is 8.75. The van der Waals surface area contributed by atoms with Crippen LogP contribution in [0.3, 0.4) is 0 Å². The fraction of sp³-hybridized carbons (Fsp3) is 0.167. The number of esters is 1. The highest BCUT2D eigenvalue weighted by molar-refractivity contribution is 6.30. The van der Waals surface area contributed by atoms with Gasteiger partial charge in [0.05, 0.1) is 12.1 Å². The summed E-state index contributed by atoms with van der Waals surface area (Å²) in [6.45, 7) is 1.25. The number of halogens is 1. The zero-order chi connectivity index (χ0) is 31.3. The van der Waals surface area contributed by atoms with Gasteiger partial charge >= 0.3 is 5.97 Å². The van der Waals surface area contributed by atoms with Gasteiger partial charge in [-0.2, -0.15) is 0 Å². The summed E-state index contributed by atoms with van der Waals surface area (Å²) in [5, 5.41) is 0.489. The van der Waals surface area contributed by atoms with Crippen molar-refractivity contribution in [2.75, 3.05) is 24.5 Å². The fourth-order valence-corrected chi connectivity index (χ4v) is 5.60. The van der Waals surface area contributed by atoms with E-state index in [1.807, 2.05) is 54.6 Å². The molecule has 6 rings (SSSR count). The molecule has 0 bridgehead atoms. The smallest absolute Gasteiger partial charge is 0.338 e. The van der Waals surface area contributed by atoms with Crippen LogP contribution >= 0.6 is 11.6 Å². The highest BCUT2D eigenvalue weighted by atomic mass is 35.5. The first-order valence-electron chi connectivity index (χ1n) is 14.6. The van der Waals surface area contributed by atoms with Gasteiger partial charge in [0.2, 0.25) is 5.91 Å². The summed E-state index contributed by atoms with van der Waals surface area (Å²) in [6.07, 6.45) is 3.92. The normalized spacial score (nSPS) is 14.2. The maximum absolute atomic E-state index is 13.8. The molecule has 0 saturated carbocycles. The van der Waals surface area contributed by atoms with Crippen LogP contribution in [0.15, 0.2) is 109 Å². The SMILES string of the molecule is O=C(OCc1ccccc1)c1cccc2c1CN(C(=O)c1ccc(Cl)cc1)CC(=O)N2Cc1ccc(C(=O)N2CC=CC2)cc1. The molecule has 8 nitrogen and oxygen atoms in total. The molecule has 0 N–H and O–H groups in total. The van der Waals surface area contributed by atoms with Crippen LogP contribution in [0.4, 0.5) is 5.69 Å².